The molecule has 1 aliphatic rings. The van der Waals surface area contributed by atoms with Gasteiger partial charge >= 0.3 is 12.1 Å². The highest BCUT2D eigenvalue weighted by molar-refractivity contribution is 5.87. The molecule has 7 nitrogen and oxygen atoms in total. The van der Waals surface area contributed by atoms with Crippen LogP contribution < -0.4 is 5.56 Å². The van der Waals surface area contributed by atoms with Crippen molar-refractivity contribution in [1.29, 1.82) is 0 Å². The number of carbonyl (C=O) groups is 2. The summed E-state index contributed by atoms with van der Waals surface area (Å²) in [5.74, 6) is -0.825. The average Bonchev–Trinajstić information content (AvgIpc) is 2.48. The monoisotopic (exact) mass is 336 g/mol. The summed E-state index contributed by atoms with van der Waals surface area (Å²) in [6, 6.07) is 2.59. The number of carboxylic acid groups (broad SMARTS) is 1. The molecule has 1 amide bonds. The van der Waals surface area contributed by atoms with E-state index >= 15 is 0 Å². The number of nitrogens with zero attached hydrogens (tertiary/aromatic N) is 2. The van der Waals surface area contributed by atoms with Gasteiger partial charge in [0.2, 0.25) is 0 Å². The zero-order chi connectivity index (χ0) is 17.9. The molecule has 2 heterocycles. The first-order valence-corrected chi connectivity index (χ1v) is 8.07. The van der Waals surface area contributed by atoms with Crippen molar-refractivity contribution in [3.63, 3.8) is 0 Å². The van der Waals surface area contributed by atoms with Crippen molar-refractivity contribution in [2.75, 3.05) is 13.1 Å². The van der Waals surface area contributed by atoms with Gasteiger partial charge in [0.1, 0.15) is 5.60 Å². The molecule has 0 unspecified atom stereocenters. The highest BCUT2D eigenvalue weighted by atomic mass is 16.6. The molecule has 0 saturated carbocycles. The van der Waals surface area contributed by atoms with Gasteiger partial charge in [-0.2, -0.15) is 0 Å². The molecule has 0 atom stereocenters. The maximum Gasteiger partial charge on any atom is 0.410 e. The van der Waals surface area contributed by atoms with Crippen LogP contribution in [0.4, 0.5) is 4.79 Å². The first-order valence-electron chi connectivity index (χ1n) is 8.07. The summed E-state index contributed by atoms with van der Waals surface area (Å²) in [6.07, 6.45) is 2.57. The van der Waals surface area contributed by atoms with E-state index in [4.69, 9.17) is 9.84 Å². The SMILES string of the molecule is CC(C)(C)OC(=O)N1CCC(Cn2cc(C(=O)O)ccc2=O)CC1. The van der Waals surface area contributed by atoms with Crippen LogP contribution in [0.5, 0.6) is 0 Å². The molecule has 2 rings (SSSR count). The number of carbonyl (C=O) groups excluding carboxylic acids is 1. The van der Waals surface area contributed by atoms with Crippen molar-refractivity contribution >= 4 is 12.1 Å². The Balaban J connectivity index is 1.94. The van der Waals surface area contributed by atoms with Crippen LogP contribution in [0, 0.1) is 5.92 Å². The van der Waals surface area contributed by atoms with E-state index in [1.165, 1.54) is 22.9 Å². The molecule has 132 valence electrons. The van der Waals surface area contributed by atoms with Gasteiger partial charge in [0.25, 0.3) is 5.56 Å². The minimum atomic E-state index is -1.05. The molecule has 1 N–H and O–H groups in total. The predicted molar refractivity (Wildman–Crippen MR) is 88.2 cm³/mol. The highest BCUT2D eigenvalue weighted by Crippen LogP contribution is 2.21. The molecular weight excluding hydrogens is 312 g/mol. The van der Waals surface area contributed by atoms with E-state index in [1.54, 1.807) is 4.90 Å². The normalized spacial score (nSPS) is 16.0. The highest BCUT2D eigenvalue weighted by Gasteiger charge is 2.27. The standard InChI is InChI=1S/C17H24N2O5/c1-17(2,3)24-16(23)18-8-6-12(7-9-18)10-19-11-13(15(21)22)4-5-14(19)20/h4-5,11-12H,6-10H2,1-3H3,(H,21,22). The third kappa shape index (κ3) is 4.84. The molecule has 1 aromatic rings. The predicted octanol–water partition coefficient (Wildman–Crippen LogP) is 2.19. The van der Waals surface area contributed by atoms with Crippen LogP contribution in [0.2, 0.25) is 0 Å². The van der Waals surface area contributed by atoms with E-state index in [0.717, 1.165) is 12.8 Å². The van der Waals surface area contributed by atoms with E-state index in [0.29, 0.717) is 19.6 Å². The number of aromatic nitrogens is 1. The topological polar surface area (TPSA) is 88.8 Å². The van der Waals surface area contributed by atoms with Crippen LogP contribution in [0.1, 0.15) is 44.0 Å². The fraction of sp³-hybridized carbons (Fsp3) is 0.588. The van der Waals surface area contributed by atoms with Crippen molar-refractivity contribution < 1.29 is 19.4 Å². The van der Waals surface area contributed by atoms with Crippen LogP contribution >= 0.6 is 0 Å². The molecule has 1 aromatic heterocycles. The van der Waals surface area contributed by atoms with Gasteiger partial charge in [-0.05, 0) is 45.6 Å². The Labute approximate surface area is 140 Å². The maximum absolute atomic E-state index is 12.0. The van der Waals surface area contributed by atoms with Crippen molar-refractivity contribution in [1.82, 2.24) is 9.47 Å². The number of amides is 1. The molecule has 1 fully saturated rings. The first-order chi connectivity index (χ1) is 11.2. The molecule has 0 spiro atoms. The molecular formula is C17H24N2O5. The Bertz CT molecular complexity index is 666. The fourth-order valence-electron chi connectivity index (χ4n) is 2.70. The largest absolute Gasteiger partial charge is 0.478 e. The van der Waals surface area contributed by atoms with E-state index in [2.05, 4.69) is 0 Å². The van der Waals surface area contributed by atoms with E-state index in [-0.39, 0.29) is 23.1 Å². The molecule has 1 saturated heterocycles. The minimum Gasteiger partial charge on any atom is -0.478 e. The van der Waals surface area contributed by atoms with Crippen LogP contribution in [-0.4, -0.2) is 45.3 Å². The number of rotatable bonds is 3. The summed E-state index contributed by atoms with van der Waals surface area (Å²) in [4.78, 5) is 36.6. The maximum atomic E-state index is 12.0. The summed E-state index contributed by atoms with van der Waals surface area (Å²) in [7, 11) is 0. The van der Waals surface area contributed by atoms with Gasteiger partial charge in [0, 0.05) is 31.9 Å². The van der Waals surface area contributed by atoms with Gasteiger partial charge in [-0.3, -0.25) is 4.79 Å². The number of piperidine rings is 1. The molecule has 7 heteroatoms. The molecule has 0 aliphatic carbocycles. The zero-order valence-corrected chi connectivity index (χ0v) is 14.3. The van der Waals surface area contributed by atoms with Crippen LogP contribution in [0.25, 0.3) is 0 Å². The molecule has 24 heavy (non-hydrogen) atoms. The number of pyridine rings is 1. The van der Waals surface area contributed by atoms with Crippen molar-refractivity contribution in [3.8, 4) is 0 Å². The first kappa shape index (κ1) is 18.0. The lowest BCUT2D eigenvalue weighted by Gasteiger charge is -2.33. The number of likely N-dealkylation sites (tertiary alicyclic amines) is 1. The summed E-state index contributed by atoms with van der Waals surface area (Å²) in [6.45, 7) is 7.11. The summed E-state index contributed by atoms with van der Waals surface area (Å²) in [5, 5.41) is 9.02. The fourth-order valence-corrected chi connectivity index (χ4v) is 2.70. The lowest BCUT2D eigenvalue weighted by atomic mass is 9.97. The Morgan fingerprint density at radius 1 is 1.25 bits per heavy atom. The molecule has 0 aromatic carbocycles. The second-order valence-corrected chi connectivity index (χ2v) is 7.12. The van der Waals surface area contributed by atoms with Gasteiger partial charge < -0.3 is 19.3 Å². The third-order valence-corrected chi connectivity index (χ3v) is 3.95. The van der Waals surface area contributed by atoms with Crippen molar-refractivity contribution in [2.45, 2.75) is 45.8 Å². The van der Waals surface area contributed by atoms with Crippen molar-refractivity contribution in [3.05, 3.63) is 34.2 Å². The quantitative estimate of drug-likeness (QED) is 0.914. The Kier molecular flexibility index (Phi) is 5.31. The minimum absolute atomic E-state index is 0.0980. The van der Waals surface area contributed by atoms with E-state index in [1.807, 2.05) is 20.8 Å². The third-order valence-electron chi connectivity index (χ3n) is 3.95. The van der Waals surface area contributed by atoms with Crippen LogP contribution in [0.3, 0.4) is 0 Å². The second-order valence-electron chi connectivity index (χ2n) is 7.12. The molecule has 0 radical (unpaired) electrons. The Hall–Kier alpha value is -2.31. The number of hydrogen-bond acceptors (Lipinski definition) is 4. The smallest absolute Gasteiger partial charge is 0.410 e. The molecule has 1 aliphatic heterocycles. The van der Waals surface area contributed by atoms with Crippen molar-refractivity contribution in [2.24, 2.45) is 5.92 Å². The Morgan fingerprint density at radius 2 is 1.88 bits per heavy atom. The number of ether oxygens (including phenoxy) is 1. The van der Waals surface area contributed by atoms with Crippen LogP contribution in [0.15, 0.2) is 23.1 Å². The zero-order valence-electron chi connectivity index (χ0n) is 14.3. The van der Waals surface area contributed by atoms with E-state index in [9.17, 15) is 14.4 Å². The molecule has 0 bridgehead atoms. The van der Waals surface area contributed by atoms with Gasteiger partial charge in [-0.1, -0.05) is 0 Å². The van der Waals surface area contributed by atoms with E-state index < -0.39 is 11.6 Å². The number of aromatic carboxylic acids is 1. The Morgan fingerprint density at radius 3 is 2.42 bits per heavy atom. The second kappa shape index (κ2) is 7.07. The lowest BCUT2D eigenvalue weighted by Crippen LogP contribution is -2.42. The summed E-state index contributed by atoms with van der Waals surface area (Å²) >= 11 is 0. The van der Waals surface area contributed by atoms with Gasteiger partial charge in [-0.25, -0.2) is 9.59 Å². The number of carboxylic acids is 1. The average molecular weight is 336 g/mol. The van der Waals surface area contributed by atoms with Crippen LogP contribution in [-0.2, 0) is 11.3 Å². The lowest BCUT2D eigenvalue weighted by molar-refractivity contribution is 0.0177. The van der Waals surface area contributed by atoms with Gasteiger partial charge in [0.05, 0.1) is 5.56 Å². The van der Waals surface area contributed by atoms with Gasteiger partial charge in [0.15, 0.2) is 0 Å². The number of hydrogen-bond donors (Lipinski definition) is 1. The summed E-state index contributed by atoms with van der Waals surface area (Å²) < 4.78 is 6.80. The summed E-state index contributed by atoms with van der Waals surface area (Å²) in [5.41, 5.74) is -0.631. The van der Waals surface area contributed by atoms with Gasteiger partial charge in [-0.15, -0.1) is 0 Å².